The van der Waals surface area contributed by atoms with Gasteiger partial charge in [0.1, 0.15) is 10.6 Å². The Labute approximate surface area is 126 Å². The molecule has 2 N–H and O–H groups in total. The maximum Gasteiger partial charge on any atom is 0.159 e. The molecule has 0 bridgehead atoms. The van der Waals surface area contributed by atoms with Gasteiger partial charge in [-0.15, -0.1) is 0 Å². The van der Waals surface area contributed by atoms with Gasteiger partial charge in [-0.05, 0) is 45.4 Å². The first-order valence-electron chi connectivity index (χ1n) is 7.00. The molecule has 0 unspecified atom stereocenters. The number of nitrogens with two attached hydrogens (primary N) is 1. The van der Waals surface area contributed by atoms with Gasteiger partial charge in [-0.1, -0.05) is 6.07 Å². The zero-order valence-corrected chi connectivity index (χ0v) is 14.0. The maximum atomic E-state index is 12.2. The molecular weight excluding hydrogens is 286 g/mol. The summed E-state index contributed by atoms with van der Waals surface area (Å²) in [5.41, 5.74) is 8.38. The Morgan fingerprint density at radius 1 is 1.33 bits per heavy atom. The number of aromatic nitrogens is 2. The number of sulfone groups is 1. The van der Waals surface area contributed by atoms with Crippen LogP contribution in [-0.2, 0) is 21.1 Å². The lowest BCUT2D eigenvalue weighted by Gasteiger charge is -2.25. The molecule has 1 aromatic heterocycles. The van der Waals surface area contributed by atoms with E-state index < -0.39 is 14.6 Å². The molecule has 0 saturated carbocycles. The number of nitrogens with zero attached hydrogens (tertiary/aromatic N) is 2. The Morgan fingerprint density at radius 3 is 2.43 bits per heavy atom. The van der Waals surface area contributed by atoms with E-state index in [0.717, 1.165) is 16.6 Å². The molecule has 1 aromatic carbocycles. The molecule has 6 heteroatoms. The number of rotatable bonds is 4. The van der Waals surface area contributed by atoms with Gasteiger partial charge in [0.05, 0.1) is 11.0 Å². The van der Waals surface area contributed by atoms with E-state index in [2.05, 4.69) is 4.98 Å². The van der Waals surface area contributed by atoms with Crippen molar-refractivity contribution in [2.75, 3.05) is 6.26 Å². The molecule has 0 amide bonds. The Balaban J connectivity index is 2.83. The minimum absolute atomic E-state index is 0.120. The minimum Gasteiger partial charge on any atom is -0.326 e. The van der Waals surface area contributed by atoms with Crippen molar-refractivity contribution >= 4 is 20.9 Å². The molecule has 116 valence electrons. The van der Waals surface area contributed by atoms with Crippen LogP contribution in [-0.4, -0.2) is 24.2 Å². The van der Waals surface area contributed by atoms with Gasteiger partial charge in [-0.2, -0.15) is 0 Å². The molecule has 0 aliphatic heterocycles. The fraction of sp³-hybridized carbons (Fsp3) is 0.533. The first-order valence-corrected chi connectivity index (χ1v) is 8.89. The van der Waals surface area contributed by atoms with Crippen LogP contribution in [0.5, 0.6) is 0 Å². The number of imidazole rings is 1. The van der Waals surface area contributed by atoms with Crippen molar-refractivity contribution in [1.29, 1.82) is 0 Å². The van der Waals surface area contributed by atoms with E-state index >= 15 is 0 Å². The van der Waals surface area contributed by atoms with Gasteiger partial charge in [0, 0.05) is 18.8 Å². The zero-order valence-electron chi connectivity index (χ0n) is 13.2. The zero-order chi connectivity index (χ0) is 16.0. The molecule has 0 aliphatic carbocycles. The molecular formula is C15H23N3O2S. The van der Waals surface area contributed by atoms with Crippen LogP contribution < -0.4 is 5.73 Å². The summed E-state index contributed by atoms with van der Waals surface area (Å²) in [6.07, 6.45) is 1.25. The van der Waals surface area contributed by atoms with Crippen LogP contribution in [0, 0.1) is 0 Å². The van der Waals surface area contributed by atoms with Crippen LogP contribution in [0.4, 0.5) is 0 Å². The smallest absolute Gasteiger partial charge is 0.159 e. The topological polar surface area (TPSA) is 78.0 Å². The quantitative estimate of drug-likeness (QED) is 0.940. The van der Waals surface area contributed by atoms with Crippen molar-refractivity contribution in [2.45, 2.75) is 45.0 Å². The van der Waals surface area contributed by atoms with E-state index in [-0.39, 0.29) is 6.04 Å². The van der Waals surface area contributed by atoms with Crippen molar-refractivity contribution < 1.29 is 8.42 Å². The minimum atomic E-state index is -3.28. The molecule has 0 radical (unpaired) electrons. The normalized spacial score (nSPS) is 13.3. The predicted octanol–water partition coefficient (Wildman–Crippen LogP) is 2.36. The molecule has 2 rings (SSSR count). The molecule has 5 nitrogen and oxygen atoms in total. The van der Waals surface area contributed by atoms with Crippen LogP contribution in [0.15, 0.2) is 18.2 Å². The summed E-state index contributed by atoms with van der Waals surface area (Å²) >= 11 is 0. The van der Waals surface area contributed by atoms with Crippen LogP contribution in [0.1, 0.15) is 45.1 Å². The second kappa shape index (κ2) is 5.10. The highest BCUT2D eigenvalue weighted by molar-refractivity contribution is 7.91. The lowest BCUT2D eigenvalue weighted by Crippen LogP contribution is -2.32. The van der Waals surface area contributed by atoms with Crippen molar-refractivity contribution in [3.63, 3.8) is 0 Å². The van der Waals surface area contributed by atoms with Crippen molar-refractivity contribution in [1.82, 2.24) is 9.55 Å². The van der Waals surface area contributed by atoms with Gasteiger partial charge in [-0.25, -0.2) is 13.4 Å². The first-order chi connectivity index (χ1) is 9.59. The largest absolute Gasteiger partial charge is 0.326 e. The number of hydrogen-bond acceptors (Lipinski definition) is 4. The van der Waals surface area contributed by atoms with E-state index in [1.54, 1.807) is 13.8 Å². The van der Waals surface area contributed by atoms with Gasteiger partial charge in [0.15, 0.2) is 9.84 Å². The van der Waals surface area contributed by atoms with Crippen LogP contribution in [0.2, 0.25) is 0 Å². The molecule has 21 heavy (non-hydrogen) atoms. The highest BCUT2D eigenvalue weighted by Gasteiger charge is 2.38. The van der Waals surface area contributed by atoms with E-state index in [1.807, 2.05) is 36.6 Å². The van der Waals surface area contributed by atoms with Crippen molar-refractivity contribution in [3.8, 4) is 0 Å². The summed E-state index contributed by atoms with van der Waals surface area (Å²) in [4.78, 5) is 4.61. The third-order valence-corrected chi connectivity index (χ3v) is 6.01. The van der Waals surface area contributed by atoms with Gasteiger partial charge in [0.25, 0.3) is 0 Å². The third-order valence-electron chi connectivity index (χ3n) is 3.97. The van der Waals surface area contributed by atoms with E-state index in [4.69, 9.17) is 5.73 Å². The Morgan fingerprint density at radius 2 is 1.95 bits per heavy atom. The second-order valence-electron chi connectivity index (χ2n) is 6.21. The highest BCUT2D eigenvalue weighted by Crippen LogP contribution is 2.33. The standard InChI is InChI=1S/C15H23N3O2S/c1-10(2)18-13-7-6-11(9-16)8-12(13)17-14(18)15(3,4)21(5,19)20/h6-8,10H,9,16H2,1-5H3. The summed E-state index contributed by atoms with van der Waals surface area (Å²) in [7, 11) is -3.28. The summed E-state index contributed by atoms with van der Waals surface area (Å²) in [5, 5.41) is 0. The van der Waals surface area contributed by atoms with Crippen LogP contribution in [0.25, 0.3) is 11.0 Å². The molecule has 2 aromatic rings. The molecule has 1 heterocycles. The monoisotopic (exact) mass is 309 g/mol. The Hall–Kier alpha value is -1.40. The van der Waals surface area contributed by atoms with Crippen molar-refractivity contribution in [2.24, 2.45) is 5.73 Å². The highest BCUT2D eigenvalue weighted by atomic mass is 32.2. The average molecular weight is 309 g/mol. The predicted molar refractivity (Wildman–Crippen MR) is 85.9 cm³/mol. The fourth-order valence-corrected chi connectivity index (χ4v) is 2.86. The SMILES string of the molecule is CC(C)n1c(C(C)(C)S(C)(=O)=O)nc2cc(CN)ccc21. The summed E-state index contributed by atoms with van der Waals surface area (Å²) in [5.74, 6) is 0.573. The van der Waals surface area contributed by atoms with E-state index in [0.29, 0.717) is 12.4 Å². The van der Waals surface area contributed by atoms with E-state index in [9.17, 15) is 8.42 Å². The fourth-order valence-electron chi connectivity index (χ4n) is 2.38. The van der Waals surface area contributed by atoms with Gasteiger partial charge < -0.3 is 10.3 Å². The molecule has 0 fully saturated rings. The lowest BCUT2D eigenvalue weighted by molar-refractivity contribution is 0.510. The van der Waals surface area contributed by atoms with Crippen molar-refractivity contribution in [3.05, 3.63) is 29.6 Å². The molecule has 0 spiro atoms. The van der Waals surface area contributed by atoms with Gasteiger partial charge in [0.2, 0.25) is 0 Å². The lowest BCUT2D eigenvalue weighted by atomic mass is 10.1. The van der Waals surface area contributed by atoms with E-state index in [1.165, 1.54) is 6.26 Å². The Bertz CT molecular complexity index is 774. The maximum absolute atomic E-state index is 12.2. The van der Waals surface area contributed by atoms with Gasteiger partial charge in [-0.3, -0.25) is 0 Å². The summed E-state index contributed by atoms with van der Waals surface area (Å²) < 4.78 is 25.3. The number of benzene rings is 1. The second-order valence-corrected chi connectivity index (χ2v) is 8.77. The number of fused-ring (bicyclic) bond motifs is 1. The average Bonchev–Trinajstić information content (AvgIpc) is 2.75. The van der Waals surface area contributed by atoms with Gasteiger partial charge >= 0.3 is 0 Å². The first kappa shape index (κ1) is 16.0. The molecule has 0 aliphatic rings. The summed E-state index contributed by atoms with van der Waals surface area (Å²) in [6, 6.07) is 5.97. The third kappa shape index (κ3) is 2.58. The van der Waals surface area contributed by atoms with Crippen LogP contribution in [0.3, 0.4) is 0 Å². The number of hydrogen-bond donors (Lipinski definition) is 1. The molecule has 0 saturated heterocycles. The summed E-state index contributed by atoms with van der Waals surface area (Å²) in [6.45, 7) is 7.90. The molecule has 0 atom stereocenters. The van der Waals surface area contributed by atoms with Crippen LogP contribution >= 0.6 is 0 Å². The Kier molecular flexibility index (Phi) is 3.88.